The molecule has 0 saturated carbocycles. The highest BCUT2D eigenvalue weighted by molar-refractivity contribution is 9.10. The molecule has 3 rings (SSSR count). The Balaban J connectivity index is 1.47. The monoisotopic (exact) mass is 445 g/mol. The van der Waals surface area contributed by atoms with Gasteiger partial charge in [0.15, 0.2) is 12.9 Å². The summed E-state index contributed by atoms with van der Waals surface area (Å²) in [4.78, 5) is 39.1. The van der Waals surface area contributed by atoms with Crippen LogP contribution in [0.25, 0.3) is 0 Å². The summed E-state index contributed by atoms with van der Waals surface area (Å²) in [6, 6.07) is 14.1. The van der Waals surface area contributed by atoms with Gasteiger partial charge in [0.05, 0.1) is 5.56 Å². The van der Waals surface area contributed by atoms with Gasteiger partial charge in [-0.15, -0.1) is 0 Å². The maximum absolute atomic E-state index is 12.4. The molecule has 1 aliphatic heterocycles. The van der Waals surface area contributed by atoms with E-state index in [-0.39, 0.29) is 18.5 Å². The van der Waals surface area contributed by atoms with Crippen molar-refractivity contribution in [1.82, 2.24) is 9.80 Å². The zero-order chi connectivity index (χ0) is 19.9. The topological polar surface area (TPSA) is 79.0 Å². The van der Waals surface area contributed by atoms with Crippen LogP contribution in [0.5, 0.6) is 5.75 Å². The molecule has 0 aliphatic carbocycles. The van der Waals surface area contributed by atoms with Crippen LogP contribution in [0.15, 0.2) is 53.0 Å². The quantitative estimate of drug-likeness (QED) is 0.717. The van der Waals surface area contributed by atoms with Gasteiger partial charge in [0.25, 0.3) is 5.91 Å². The number of carbonyl (C=O) groups is 3. The van der Waals surface area contributed by atoms with Gasteiger partial charge in [0, 0.05) is 36.3 Å². The molecule has 3 amide bonds. The second kappa shape index (κ2) is 9.36. The van der Waals surface area contributed by atoms with Crippen LogP contribution < -0.4 is 10.1 Å². The highest BCUT2D eigenvalue weighted by Gasteiger charge is 2.24. The maximum atomic E-state index is 12.4. The van der Waals surface area contributed by atoms with Crippen LogP contribution in [0, 0.1) is 0 Å². The van der Waals surface area contributed by atoms with Crippen LogP contribution in [0.1, 0.15) is 10.4 Å². The van der Waals surface area contributed by atoms with Crippen LogP contribution in [0.2, 0.25) is 0 Å². The van der Waals surface area contributed by atoms with Gasteiger partial charge in [-0.3, -0.25) is 9.59 Å². The predicted molar refractivity (Wildman–Crippen MR) is 109 cm³/mol. The fourth-order valence-corrected chi connectivity index (χ4v) is 3.24. The number of hydrogen-bond acceptors (Lipinski definition) is 4. The number of ether oxygens (including phenoxy) is 1. The smallest absolute Gasteiger partial charge is 0.321 e. The van der Waals surface area contributed by atoms with Gasteiger partial charge < -0.3 is 19.9 Å². The van der Waals surface area contributed by atoms with E-state index in [0.29, 0.717) is 43.8 Å². The normalized spacial score (nSPS) is 13.8. The molecule has 2 aromatic rings. The molecule has 0 bridgehead atoms. The molecule has 1 aliphatic rings. The van der Waals surface area contributed by atoms with E-state index in [1.54, 1.807) is 28.0 Å². The summed E-state index contributed by atoms with van der Waals surface area (Å²) in [5, 5.41) is 2.84. The third-order valence-corrected chi connectivity index (χ3v) is 4.89. The molecular formula is C20H20BrN3O4. The van der Waals surface area contributed by atoms with Crippen molar-refractivity contribution in [3.05, 3.63) is 58.6 Å². The Labute approximate surface area is 171 Å². The Hall–Kier alpha value is -2.87. The van der Waals surface area contributed by atoms with Crippen LogP contribution in [-0.2, 0) is 4.79 Å². The highest BCUT2D eigenvalue weighted by atomic mass is 79.9. The molecule has 0 radical (unpaired) electrons. The highest BCUT2D eigenvalue weighted by Crippen LogP contribution is 2.21. The zero-order valence-electron chi connectivity index (χ0n) is 15.1. The summed E-state index contributed by atoms with van der Waals surface area (Å²) >= 11 is 3.29. The summed E-state index contributed by atoms with van der Waals surface area (Å²) in [6.45, 7) is 1.61. The van der Waals surface area contributed by atoms with Gasteiger partial charge in [-0.1, -0.05) is 34.1 Å². The van der Waals surface area contributed by atoms with Gasteiger partial charge in [-0.25, -0.2) is 4.79 Å². The summed E-state index contributed by atoms with van der Waals surface area (Å²) in [7, 11) is 0. The fourth-order valence-electron chi connectivity index (χ4n) is 2.86. The largest absolute Gasteiger partial charge is 0.483 e. The van der Waals surface area contributed by atoms with E-state index < -0.39 is 0 Å². The number of nitrogens with one attached hydrogen (secondary N) is 1. The predicted octanol–water partition coefficient (Wildman–Crippen LogP) is 3.02. The molecule has 2 aromatic carbocycles. The van der Waals surface area contributed by atoms with Crippen molar-refractivity contribution in [3.8, 4) is 5.75 Å². The molecule has 146 valence electrons. The van der Waals surface area contributed by atoms with Crippen molar-refractivity contribution in [3.63, 3.8) is 0 Å². The third-order valence-electron chi connectivity index (χ3n) is 4.39. The first-order valence-corrected chi connectivity index (χ1v) is 9.62. The van der Waals surface area contributed by atoms with Gasteiger partial charge >= 0.3 is 6.03 Å². The number of hydrogen-bond donors (Lipinski definition) is 1. The number of halogens is 1. The van der Waals surface area contributed by atoms with E-state index in [1.807, 2.05) is 30.3 Å². The second-order valence-electron chi connectivity index (χ2n) is 6.25. The number of para-hydroxylation sites is 1. The lowest BCUT2D eigenvalue weighted by Gasteiger charge is -2.34. The second-order valence-corrected chi connectivity index (χ2v) is 7.17. The molecule has 28 heavy (non-hydrogen) atoms. The van der Waals surface area contributed by atoms with E-state index in [1.165, 1.54) is 0 Å². The number of aldehydes is 1. The summed E-state index contributed by atoms with van der Waals surface area (Å²) < 4.78 is 6.28. The molecule has 1 heterocycles. The Morgan fingerprint density at radius 1 is 1.04 bits per heavy atom. The van der Waals surface area contributed by atoms with Gasteiger partial charge in [0.2, 0.25) is 0 Å². The first-order chi connectivity index (χ1) is 13.6. The summed E-state index contributed by atoms with van der Waals surface area (Å²) in [5.41, 5.74) is 1.12. The molecule has 1 N–H and O–H groups in total. The first-order valence-electron chi connectivity index (χ1n) is 8.83. The van der Waals surface area contributed by atoms with Crippen LogP contribution in [-0.4, -0.2) is 60.8 Å². The number of nitrogens with zero attached hydrogens (tertiary/aromatic N) is 2. The molecule has 1 fully saturated rings. The standard InChI is InChI=1S/C20H20BrN3O4/c21-16-6-7-18(15(12-16)13-25)28-14-19(26)23-8-10-24(11-9-23)20(27)22-17-4-2-1-3-5-17/h1-7,12-13H,8-11,14H2,(H,22,27). The molecule has 0 atom stereocenters. The van der Waals surface area contributed by atoms with Crippen molar-refractivity contribution in [2.75, 3.05) is 38.1 Å². The maximum Gasteiger partial charge on any atom is 0.321 e. The van der Waals surface area contributed by atoms with Crippen molar-refractivity contribution < 1.29 is 19.1 Å². The Bertz CT molecular complexity index is 852. The van der Waals surface area contributed by atoms with Crippen molar-refractivity contribution in [1.29, 1.82) is 0 Å². The molecule has 1 saturated heterocycles. The first kappa shape index (κ1) is 19.9. The number of rotatable bonds is 5. The summed E-state index contributed by atoms with van der Waals surface area (Å²) in [5.74, 6) is 0.190. The van der Waals surface area contributed by atoms with E-state index in [2.05, 4.69) is 21.2 Å². The van der Waals surface area contributed by atoms with Crippen molar-refractivity contribution >= 4 is 39.8 Å². The van der Waals surface area contributed by atoms with Gasteiger partial charge in [0.1, 0.15) is 5.75 Å². The number of piperazine rings is 1. The summed E-state index contributed by atoms with van der Waals surface area (Å²) in [6.07, 6.45) is 0.689. The number of urea groups is 1. The number of anilines is 1. The van der Waals surface area contributed by atoms with Gasteiger partial charge in [-0.2, -0.15) is 0 Å². The van der Waals surface area contributed by atoms with E-state index in [9.17, 15) is 14.4 Å². The number of amides is 3. The molecule has 8 heteroatoms. The van der Waals surface area contributed by atoms with E-state index >= 15 is 0 Å². The molecule has 0 unspecified atom stereocenters. The van der Waals surface area contributed by atoms with Gasteiger partial charge in [-0.05, 0) is 30.3 Å². The van der Waals surface area contributed by atoms with E-state index in [0.717, 1.165) is 10.2 Å². The van der Waals surface area contributed by atoms with Crippen molar-refractivity contribution in [2.24, 2.45) is 0 Å². The lowest BCUT2D eigenvalue weighted by atomic mass is 10.2. The number of benzene rings is 2. The molecule has 7 nitrogen and oxygen atoms in total. The third kappa shape index (κ3) is 5.10. The molecular weight excluding hydrogens is 426 g/mol. The fraction of sp³-hybridized carbons (Fsp3) is 0.250. The minimum absolute atomic E-state index is 0.154. The minimum atomic E-state index is -0.181. The number of carbonyl (C=O) groups excluding carboxylic acids is 3. The lowest BCUT2D eigenvalue weighted by Crippen LogP contribution is -2.52. The Morgan fingerprint density at radius 2 is 1.71 bits per heavy atom. The van der Waals surface area contributed by atoms with E-state index in [4.69, 9.17) is 4.74 Å². The Morgan fingerprint density at radius 3 is 2.39 bits per heavy atom. The van der Waals surface area contributed by atoms with Crippen LogP contribution in [0.4, 0.5) is 10.5 Å². The molecule has 0 spiro atoms. The average Bonchev–Trinajstić information content (AvgIpc) is 2.73. The lowest BCUT2D eigenvalue weighted by molar-refractivity contribution is -0.134. The van der Waals surface area contributed by atoms with Crippen LogP contribution >= 0.6 is 15.9 Å². The SMILES string of the molecule is O=Cc1cc(Br)ccc1OCC(=O)N1CCN(C(=O)Nc2ccccc2)CC1. The van der Waals surface area contributed by atoms with Crippen LogP contribution in [0.3, 0.4) is 0 Å². The zero-order valence-corrected chi connectivity index (χ0v) is 16.7. The van der Waals surface area contributed by atoms with Crippen molar-refractivity contribution in [2.45, 2.75) is 0 Å². The minimum Gasteiger partial charge on any atom is -0.483 e. The Kier molecular flexibility index (Phi) is 6.65. The average molecular weight is 446 g/mol. The molecule has 0 aromatic heterocycles.